The molecule has 14 heavy (non-hydrogen) atoms. The summed E-state index contributed by atoms with van der Waals surface area (Å²) in [5.74, 6) is -0.421. The Morgan fingerprint density at radius 1 is 1.14 bits per heavy atom. The summed E-state index contributed by atoms with van der Waals surface area (Å²) in [6.07, 6.45) is 1.67. The Bertz CT molecular complexity index is 442. The molecular weight excluding hydrogens is 201 g/mol. The van der Waals surface area contributed by atoms with Crippen LogP contribution in [0, 0.1) is 5.82 Å². The second-order valence-electron chi connectivity index (χ2n) is 2.84. The molecule has 3 heteroatoms. The molecule has 2 aromatic rings. The van der Waals surface area contributed by atoms with Gasteiger partial charge in [0, 0.05) is 11.8 Å². The van der Waals surface area contributed by atoms with Crippen molar-refractivity contribution >= 4 is 11.6 Å². The van der Waals surface area contributed by atoms with Crippen LogP contribution in [0.25, 0.3) is 11.3 Å². The van der Waals surface area contributed by atoms with Gasteiger partial charge >= 0.3 is 0 Å². The predicted molar refractivity (Wildman–Crippen MR) is 54.6 cm³/mol. The van der Waals surface area contributed by atoms with Gasteiger partial charge in [0.1, 0.15) is 5.82 Å². The minimum atomic E-state index is -0.421. The van der Waals surface area contributed by atoms with Crippen LogP contribution in [0.15, 0.2) is 42.6 Å². The lowest BCUT2D eigenvalue weighted by Gasteiger charge is -2.00. The van der Waals surface area contributed by atoms with E-state index in [4.69, 9.17) is 11.6 Å². The summed E-state index contributed by atoms with van der Waals surface area (Å²) in [5, 5.41) is 0.129. The molecule has 0 saturated heterocycles. The molecule has 0 N–H and O–H groups in total. The average Bonchev–Trinajstić information content (AvgIpc) is 2.23. The molecule has 0 atom stereocenters. The number of hydrogen-bond donors (Lipinski definition) is 0. The standard InChI is InChI=1S/C11H7ClFN/c12-9-5-4-8(7-10(9)13)11-3-1-2-6-14-11/h1-7H. The number of nitrogens with zero attached hydrogens (tertiary/aromatic N) is 1. The Morgan fingerprint density at radius 2 is 2.00 bits per heavy atom. The highest BCUT2D eigenvalue weighted by molar-refractivity contribution is 6.30. The van der Waals surface area contributed by atoms with E-state index >= 15 is 0 Å². The molecule has 1 nitrogen and oxygen atoms in total. The Morgan fingerprint density at radius 3 is 2.64 bits per heavy atom. The van der Waals surface area contributed by atoms with E-state index in [1.807, 2.05) is 18.2 Å². The van der Waals surface area contributed by atoms with E-state index in [0.717, 1.165) is 11.3 Å². The second kappa shape index (κ2) is 3.76. The maximum atomic E-state index is 13.1. The van der Waals surface area contributed by atoms with Crippen LogP contribution in [0.3, 0.4) is 0 Å². The van der Waals surface area contributed by atoms with Gasteiger partial charge in [0.25, 0.3) is 0 Å². The number of halogens is 2. The van der Waals surface area contributed by atoms with E-state index in [9.17, 15) is 4.39 Å². The van der Waals surface area contributed by atoms with E-state index in [1.54, 1.807) is 12.3 Å². The third kappa shape index (κ3) is 1.75. The molecule has 1 aromatic carbocycles. The van der Waals surface area contributed by atoms with Gasteiger partial charge in [0.15, 0.2) is 0 Å². The van der Waals surface area contributed by atoms with Crippen molar-refractivity contribution in [3.8, 4) is 11.3 Å². The van der Waals surface area contributed by atoms with E-state index in [-0.39, 0.29) is 5.02 Å². The lowest BCUT2D eigenvalue weighted by molar-refractivity contribution is 0.628. The topological polar surface area (TPSA) is 12.9 Å². The minimum absolute atomic E-state index is 0.129. The Hall–Kier alpha value is -1.41. The normalized spacial score (nSPS) is 10.1. The molecule has 0 aliphatic rings. The number of pyridine rings is 1. The number of hydrogen-bond acceptors (Lipinski definition) is 1. The Labute approximate surface area is 86.2 Å². The molecule has 0 aliphatic heterocycles. The van der Waals surface area contributed by atoms with E-state index < -0.39 is 5.82 Å². The molecule has 0 saturated carbocycles. The van der Waals surface area contributed by atoms with E-state index in [2.05, 4.69) is 4.98 Å². The summed E-state index contributed by atoms with van der Waals surface area (Å²) in [5.41, 5.74) is 1.47. The van der Waals surface area contributed by atoms with Gasteiger partial charge in [-0.1, -0.05) is 23.7 Å². The lowest BCUT2D eigenvalue weighted by Crippen LogP contribution is -1.84. The summed E-state index contributed by atoms with van der Waals surface area (Å²) in [6.45, 7) is 0. The zero-order valence-corrected chi connectivity index (χ0v) is 8.00. The quantitative estimate of drug-likeness (QED) is 0.697. The third-order valence-corrected chi connectivity index (χ3v) is 2.19. The largest absolute Gasteiger partial charge is 0.256 e. The van der Waals surface area contributed by atoms with Crippen LogP contribution < -0.4 is 0 Å². The van der Waals surface area contributed by atoms with Crippen LogP contribution >= 0.6 is 11.6 Å². The lowest BCUT2D eigenvalue weighted by atomic mass is 10.1. The van der Waals surface area contributed by atoms with Crippen LogP contribution in [-0.2, 0) is 0 Å². The molecule has 0 radical (unpaired) electrons. The molecule has 0 spiro atoms. The van der Waals surface area contributed by atoms with Crippen molar-refractivity contribution in [2.75, 3.05) is 0 Å². The Balaban J connectivity index is 2.48. The molecule has 1 heterocycles. The first-order valence-corrected chi connectivity index (χ1v) is 4.51. The van der Waals surface area contributed by atoms with Crippen molar-refractivity contribution in [2.24, 2.45) is 0 Å². The van der Waals surface area contributed by atoms with Gasteiger partial charge in [-0.25, -0.2) is 4.39 Å². The molecule has 0 aliphatic carbocycles. The van der Waals surface area contributed by atoms with Crippen molar-refractivity contribution in [2.45, 2.75) is 0 Å². The van der Waals surface area contributed by atoms with Gasteiger partial charge in [-0.2, -0.15) is 0 Å². The van der Waals surface area contributed by atoms with Crippen molar-refractivity contribution in [3.63, 3.8) is 0 Å². The first kappa shape index (κ1) is 9.16. The number of rotatable bonds is 1. The number of aromatic nitrogens is 1. The summed E-state index contributed by atoms with van der Waals surface area (Å²) in [7, 11) is 0. The van der Waals surface area contributed by atoms with Crippen LogP contribution in [-0.4, -0.2) is 4.98 Å². The predicted octanol–water partition coefficient (Wildman–Crippen LogP) is 3.54. The zero-order chi connectivity index (χ0) is 9.97. The molecule has 1 aromatic heterocycles. The van der Waals surface area contributed by atoms with Gasteiger partial charge in [0.05, 0.1) is 10.7 Å². The molecule has 0 fully saturated rings. The smallest absolute Gasteiger partial charge is 0.142 e. The van der Waals surface area contributed by atoms with Gasteiger partial charge in [-0.05, 0) is 24.3 Å². The molecule has 2 rings (SSSR count). The van der Waals surface area contributed by atoms with Crippen LogP contribution in [0.1, 0.15) is 0 Å². The van der Waals surface area contributed by atoms with Crippen molar-refractivity contribution in [1.29, 1.82) is 0 Å². The fourth-order valence-corrected chi connectivity index (χ4v) is 1.31. The maximum absolute atomic E-state index is 13.1. The van der Waals surface area contributed by atoms with Gasteiger partial charge in [-0.15, -0.1) is 0 Å². The van der Waals surface area contributed by atoms with Crippen LogP contribution in [0.4, 0.5) is 4.39 Å². The molecule has 0 bridgehead atoms. The van der Waals surface area contributed by atoms with E-state index in [1.165, 1.54) is 12.1 Å². The minimum Gasteiger partial charge on any atom is -0.256 e. The van der Waals surface area contributed by atoms with Crippen molar-refractivity contribution < 1.29 is 4.39 Å². The van der Waals surface area contributed by atoms with Gasteiger partial charge < -0.3 is 0 Å². The molecule has 70 valence electrons. The monoisotopic (exact) mass is 207 g/mol. The Kier molecular flexibility index (Phi) is 2.46. The van der Waals surface area contributed by atoms with E-state index in [0.29, 0.717) is 0 Å². The summed E-state index contributed by atoms with van der Waals surface area (Å²) in [6, 6.07) is 10.1. The summed E-state index contributed by atoms with van der Waals surface area (Å²) >= 11 is 5.57. The third-order valence-electron chi connectivity index (χ3n) is 1.88. The van der Waals surface area contributed by atoms with Crippen molar-refractivity contribution in [1.82, 2.24) is 4.98 Å². The summed E-state index contributed by atoms with van der Waals surface area (Å²) in [4.78, 5) is 4.11. The molecular formula is C11H7ClFN. The fraction of sp³-hybridized carbons (Fsp3) is 0. The second-order valence-corrected chi connectivity index (χ2v) is 3.25. The zero-order valence-electron chi connectivity index (χ0n) is 7.24. The van der Waals surface area contributed by atoms with Crippen molar-refractivity contribution in [3.05, 3.63) is 53.4 Å². The number of benzene rings is 1. The highest BCUT2D eigenvalue weighted by Gasteiger charge is 2.02. The van der Waals surface area contributed by atoms with Crippen LogP contribution in [0.2, 0.25) is 5.02 Å². The van der Waals surface area contributed by atoms with Crippen LogP contribution in [0.5, 0.6) is 0 Å². The van der Waals surface area contributed by atoms with Gasteiger partial charge in [0.2, 0.25) is 0 Å². The average molecular weight is 208 g/mol. The fourth-order valence-electron chi connectivity index (χ4n) is 1.19. The molecule has 0 unspecified atom stereocenters. The first-order chi connectivity index (χ1) is 6.77. The molecule has 0 amide bonds. The maximum Gasteiger partial charge on any atom is 0.142 e. The highest BCUT2D eigenvalue weighted by atomic mass is 35.5. The first-order valence-electron chi connectivity index (χ1n) is 4.14. The highest BCUT2D eigenvalue weighted by Crippen LogP contribution is 2.22. The van der Waals surface area contributed by atoms with Gasteiger partial charge in [-0.3, -0.25) is 4.98 Å². The summed E-state index contributed by atoms with van der Waals surface area (Å²) < 4.78 is 13.1. The SMILES string of the molecule is Fc1cc(-c2ccccn2)ccc1Cl.